The van der Waals surface area contributed by atoms with E-state index in [2.05, 4.69) is 5.32 Å². The van der Waals surface area contributed by atoms with Crippen LogP contribution in [0.2, 0.25) is 0 Å². The van der Waals surface area contributed by atoms with Gasteiger partial charge >= 0.3 is 5.97 Å². The van der Waals surface area contributed by atoms with Crippen LogP contribution < -0.4 is 11.1 Å². The van der Waals surface area contributed by atoms with Gasteiger partial charge in [-0.2, -0.15) is 0 Å². The number of amides is 1. The Morgan fingerprint density at radius 2 is 1.90 bits per heavy atom. The third kappa shape index (κ3) is 5.87. The second kappa shape index (κ2) is 8.91. The number of hydrogen-bond acceptors (Lipinski definition) is 3. The van der Waals surface area contributed by atoms with Gasteiger partial charge in [0.15, 0.2) is 0 Å². The Morgan fingerprint density at radius 1 is 1.20 bits per heavy atom. The van der Waals surface area contributed by atoms with Crippen molar-refractivity contribution < 1.29 is 14.7 Å². The fourth-order valence-corrected chi connectivity index (χ4v) is 2.29. The molecule has 0 saturated carbocycles. The number of nitrogens with one attached hydrogen (secondary N) is 1. The van der Waals surface area contributed by atoms with E-state index in [4.69, 9.17) is 10.8 Å². The first-order chi connectivity index (χ1) is 9.54. The number of nitrogens with two attached hydrogens (primary N) is 1. The highest BCUT2D eigenvalue weighted by atomic mass is 127. The lowest BCUT2D eigenvalue weighted by Gasteiger charge is -2.09. The SMILES string of the molecule is NCCCCCCC(=O)Nc1ccc(I)cc1C(=O)O. The van der Waals surface area contributed by atoms with Crippen molar-refractivity contribution in [3.8, 4) is 0 Å². The van der Waals surface area contributed by atoms with Crippen LogP contribution in [0.1, 0.15) is 42.5 Å². The predicted molar refractivity (Wildman–Crippen MR) is 86.9 cm³/mol. The topological polar surface area (TPSA) is 92.4 Å². The van der Waals surface area contributed by atoms with Crippen molar-refractivity contribution in [1.29, 1.82) is 0 Å². The van der Waals surface area contributed by atoms with E-state index in [9.17, 15) is 9.59 Å². The summed E-state index contributed by atoms with van der Waals surface area (Å²) in [5.74, 6) is -1.19. The molecule has 4 N–H and O–H groups in total. The van der Waals surface area contributed by atoms with E-state index in [0.717, 1.165) is 29.3 Å². The first-order valence-corrected chi connectivity index (χ1v) is 7.65. The second-order valence-corrected chi connectivity index (χ2v) is 5.74. The lowest BCUT2D eigenvalue weighted by atomic mass is 10.1. The summed E-state index contributed by atoms with van der Waals surface area (Å²) in [6.45, 7) is 0.677. The molecule has 110 valence electrons. The molecule has 0 radical (unpaired) electrons. The number of anilines is 1. The number of unbranched alkanes of at least 4 members (excludes halogenated alkanes) is 3. The largest absolute Gasteiger partial charge is 0.478 e. The maximum Gasteiger partial charge on any atom is 0.337 e. The van der Waals surface area contributed by atoms with Crippen LogP contribution in [0.5, 0.6) is 0 Å². The molecule has 0 aliphatic carbocycles. The molecule has 0 atom stereocenters. The number of aromatic carboxylic acids is 1. The lowest BCUT2D eigenvalue weighted by molar-refractivity contribution is -0.116. The van der Waals surface area contributed by atoms with Gasteiger partial charge < -0.3 is 16.2 Å². The summed E-state index contributed by atoms with van der Waals surface area (Å²) in [5.41, 5.74) is 5.86. The van der Waals surface area contributed by atoms with E-state index >= 15 is 0 Å². The van der Waals surface area contributed by atoms with Crippen molar-refractivity contribution in [2.45, 2.75) is 32.1 Å². The Morgan fingerprint density at radius 3 is 2.55 bits per heavy atom. The van der Waals surface area contributed by atoms with Crippen LogP contribution in [-0.2, 0) is 4.79 Å². The van der Waals surface area contributed by atoms with Crippen molar-refractivity contribution >= 4 is 40.2 Å². The van der Waals surface area contributed by atoms with Gasteiger partial charge in [-0.1, -0.05) is 12.8 Å². The highest BCUT2D eigenvalue weighted by molar-refractivity contribution is 14.1. The van der Waals surface area contributed by atoms with Crippen molar-refractivity contribution in [3.05, 3.63) is 27.3 Å². The number of hydrogen-bond donors (Lipinski definition) is 3. The number of rotatable bonds is 8. The Balaban J connectivity index is 2.51. The second-order valence-electron chi connectivity index (χ2n) is 4.50. The Kier molecular flexibility index (Phi) is 7.53. The van der Waals surface area contributed by atoms with Gasteiger partial charge in [-0.05, 0) is 60.2 Å². The molecule has 1 amide bonds. The van der Waals surface area contributed by atoms with Crippen LogP contribution in [-0.4, -0.2) is 23.5 Å². The van der Waals surface area contributed by atoms with Crippen LogP contribution in [0.15, 0.2) is 18.2 Å². The van der Waals surface area contributed by atoms with Gasteiger partial charge in [0.05, 0.1) is 11.3 Å². The fourth-order valence-electron chi connectivity index (χ4n) is 1.80. The van der Waals surface area contributed by atoms with E-state index in [0.29, 0.717) is 18.7 Å². The smallest absolute Gasteiger partial charge is 0.337 e. The quantitative estimate of drug-likeness (QED) is 0.470. The molecule has 1 rings (SSSR count). The number of carbonyl (C=O) groups is 2. The zero-order valence-electron chi connectivity index (χ0n) is 11.2. The molecule has 1 aromatic rings. The molecule has 1 aromatic carbocycles. The number of halogens is 1. The van der Waals surface area contributed by atoms with Gasteiger partial charge in [-0.3, -0.25) is 4.79 Å². The van der Waals surface area contributed by atoms with Gasteiger partial charge in [0.25, 0.3) is 0 Å². The molecule has 5 nitrogen and oxygen atoms in total. The number of carboxylic acid groups (broad SMARTS) is 1. The monoisotopic (exact) mass is 390 g/mol. The molecule has 0 aliphatic heterocycles. The zero-order chi connectivity index (χ0) is 15.0. The summed E-state index contributed by atoms with van der Waals surface area (Å²) in [5, 5.41) is 11.8. The summed E-state index contributed by atoms with van der Waals surface area (Å²) in [7, 11) is 0. The molecule has 6 heteroatoms. The normalized spacial score (nSPS) is 10.3. The van der Waals surface area contributed by atoms with Gasteiger partial charge in [-0.25, -0.2) is 4.79 Å². The van der Waals surface area contributed by atoms with E-state index in [-0.39, 0.29) is 11.5 Å². The summed E-state index contributed by atoms with van der Waals surface area (Å²) in [6, 6.07) is 4.93. The molecular weight excluding hydrogens is 371 g/mol. The highest BCUT2D eigenvalue weighted by Crippen LogP contribution is 2.19. The van der Waals surface area contributed by atoms with Crippen molar-refractivity contribution in [2.75, 3.05) is 11.9 Å². The molecule has 0 aromatic heterocycles. The summed E-state index contributed by atoms with van der Waals surface area (Å²) < 4.78 is 0.819. The number of carboxylic acids is 1. The van der Waals surface area contributed by atoms with E-state index in [1.54, 1.807) is 18.2 Å². The minimum atomic E-state index is -1.04. The highest BCUT2D eigenvalue weighted by Gasteiger charge is 2.12. The van der Waals surface area contributed by atoms with E-state index < -0.39 is 5.97 Å². The maximum absolute atomic E-state index is 11.8. The van der Waals surface area contributed by atoms with Crippen LogP contribution in [0.25, 0.3) is 0 Å². The van der Waals surface area contributed by atoms with Gasteiger partial charge in [0.2, 0.25) is 5.91 Å². The van der Waals surface area contributed by atoms with Crippen molar-refractivity contribution in [3.63, 3.8) is 0 Å². The Hall–Kier alpha value is -1.15. The third-order valence-corrected chi connectivity index (χ3v) is 3.52. The van der Waals surface area contributed by atoms with Gasteiger partial charge in [-0.15, -0.1) is 0 Å². The molecule has 0 saturated heterocycles. The third-order valence-electron chi connectivity index (χ3n) is 2.84. The van der Waals surface area contributed by atoms with Crippen LogP contribution >= 0.6 is 22.6 Å². The molecule has 20 heavy (non-hydrogen) atoms. The maximum atomic E-state index is 11.8. The van der Waals surface area contributed by atoms with Crippen LogP contribution in [0, 0.1) is 3.57 Å². The van der Waals surface area contributed by atoms with E-state index in [1.165, 1.54) is 0 Å². The molecule has 0 fully saturated rings. The lowest BCUT2D eigenvalue weighted by Crippen LogP contribution is -2.14. The molecule has 0 aliphatic rings. The Labute approximate surface area is 132 Å². The molecule has 0 bridgehead atoms. The minimum Gasteiger partial charge on any atom is -0.478 e. The number of benzene rings is 1. The standard InChI is InChI=1S/C14H19IN2O3/c15-10-6-7-12(11(9-10)14(19)20)17-13(18)5-3-1-2-4-8-16/h6-7,9H,1-5,8,16H2,(H,17,18)(H,19,20). The van der Waals surface area contributed by atoms with Gasteiger partial charge in [0.1, 0.15) is 0 Å². The zero-order valence-corrected chi connectivity index (χ0v) is 13.4. The minimum absolute atomic E-state index is 0.119. The Bertz CT molecular complexity index is 477. The predicted octanol–water partition coefficient (Wildman–Crippen LogP) is 2.84. The summed E-state index contributed by atoms with van der Waals surface area (Å²) in [6.07, 6.45) is 4.15. The molecule has 0 heterocycles. The van der Waals surface area contributed by atoms with Gasteiger partial charge in [0, 0.05) is 9.99 Å². The average molecular weight is 390 g/mol. The summed E-state index contributed by atoms with van der Waals surface area (Å²) in [4.78, 5) is 22.9. The average Bonchev–Trinajstić information content (AvgIpc) is 2.40. The summed E-state index contributed by atoms with van der Waals surface area (Å²) >= 11 is 2.04. The first-order valence-electron chi connectivity index (χ1n) is 6.57. The van der Waals surface area contributed by atoms with Crippen molar-refractivity contribution in [2.24, 2.45) is 5.73 Å². The van der Waals surface area contributed by atoms with Crippen LogP contribution in [0.4, 0.5) is 5.69 Å². The molecular formula is C14H19IN2O3. The fraction of sp³-hybridized carbons (Fsp3) is 0.429. The van der Waals surface area contributed by atoms with Crippen molar-refractivity contribution in [1.82, 2.24) is 0 Å². The molecule has 0 unspecified atom stereocenters. The number of carbonyl (C=O) groups excluding carboxylic acids is 1. The first kappa shape index (κ1) is 16.9. The molecule has 0 spiro atoms. The van der Waals surface area contributed by atoms with E-state index in [1.807, 2.05) is 22.6 Å². The van der Waals surface area contributed by atoms with Crippen LogP contribution in [0.3, 0.4) is 0 Å².